The minimum absolute atomic E-state index is 0.0461. The van der Waals surface area contributed by atoms with Gasteiger partial charge < -0.3 is 4.74 Å². The molecular weight excluding hydrogens is 302 g/mol. The molecule has 1 aliphatic rings. The van der Waals surface area contributed by atoms with Gasteiger partial charge in [-0.2, -0.15) is 5.10 Å². The minimum Gasteiger partial charge on any atom is -0.356 e. The molecule has 0 amide bonds. The van der Waals surface area contributed by atoms with Crippen LogP contribution in [-0.2, 0) is 4.74 Å². The first-order chi connectivity index (χ1) is 6.27. The van der Waals surface area contributed by atoms with Gasteiger partial charge in [-0.05, 0) is 41.9 Å². The summed E-state index contributed by atoms with van der Waals surface area (Å²) in [5, 5.41) is 4.94. The summed E-state index contributed by atoms with van der Waals surface area (Å²) in [5.41, 5.74) is 0. The van der Waals surface area contributed by atoms with Crippen LogP contribution in [0.25, 0.3) is 0 Å². The number of nitrogens with zero attached hydrogens (tertiary/aromatic N) is 2. The Bertz CT molecular complexity index is 296. The van der Waals surface area contributed by atoms with E-state index in [1.54, 1.807) is 4.68 Å². The monoisotopic (exact) mass is 312 g/mol. The summed E-state index contributed by atoms with van der Waals surface area (Å²) in [4.78, 5) is 0. The molecule has 3 nitrogen and oxygen atoms in total. The van der Waals surface area contributed by atoms with Gasteiger partial charge in [-0.15, -0.1) is 0 Å². The van der Waals surface area contributed by atoms with Gasteiger partial charge in [0.1, 0.15) is 8.85 Å². The van der Waals surface area contributed by atoms with E-state index in [2.05, 4.69) is 27.7 Å². The Morgan fingerprint density at radius 1 is 1.62 bits per heavy atom. The van der Waals surface area contributed by atoms with Gasteiger partial charge in [0.15, 0.2) is 6.23 Å². The molecule has 2 rings (SSSR count). The Kier molecular flexibility index (Phi) is 3.10. The molecule has 0 aromatic carbocycles. The Morgan fingerprint density at radius 2 is 2.46 bits per heavy atom. The maximum Gasteiger partial charge on any atom is 0.151 e. The molecule has 0 saturated carbocycles. The van der Waals surface area contributed by atoms with Gasteiger partial charge in [0.25, 0.3) is 0 Å². The number of aromatic nitrogens is 2. The molecule has 1 saturated heterocycles. The summed E-state index contributed by atoms with van der Waals surface area (Å²) in [7, 11) is 0. The molecule has 1 aromatic heterocycles. The molecule has 72 valence electrons. The van der Waals surface area contributed by atoms with E-state index in [0.717, 1.165) is 23.1 Å². The molecule has 0 radical (unpaired) electrons. The van der Waals surface area contributed by atoms with E-state index < -0.39 is 0 Å². The highest BCUT2D eigenvalue weighted by Gasteiger charge is 2.18. The topological polar surface area (TPSA) is 27.1 Å². The Hall–Kier alpha value is 0.190. The highest BCUT2D eigenvalue weighted by molar-refractivity contribution is 14.1. The molecule has 0 spiro atoms. The standard InChI is InChI=1S/C8H10ClIN2O/c9-6-5-7(10)11-12(6)8-3-1-2-4-13-8/h5,8H,1-4H2. The average molecular weight is 313 g/mol. The molecule has 1 aliphatic heterocycles. The van der Waals surface area contributed by atoms with Crippen LogP contribution in [0.5, 0.6) is 0 Å². The largest absolute Gasteiger partial charge is 0.356 e. The predicted molar refractivity (Wildman–Crippen MR) is 58.8 cm³/mol. The maximum absolute atomic E-state index is 5.99. The molecule has 1 fully saturated rings. The zero-order valence-electron chi connectivity index (χ0n) is 7.04. The van der Waals surface area contributed by atoms with Crippen molar-refractivity contribution in [2.75, 3.05) is 6.61 Å². The molecule has 2 heterocycles. The summed E-state index contributed by atoms with van der Waals surface area (Å²) in [6.45, 7) is 0.817. The van der Waals surface area contributed by atoms with E-state index >= 15 is 0 Å². The zero-order chi connectivity index (χ0) is 9.26. The van der Waals surface area contributed by atoms with E-state index in [9.17, 15) is 0 Å². The van der Waals surface area contributed by atoms with Gasteiger partial charge in [-0.25, -0.2) is 4.68 Å². The van der Waals surface area contributed by atoms with Gasteiger partial charge in [0.2, 0.25) is 0 Å². The second-order valence-electron chi connectivity index (χ2n) is 3.06. The first kappa shape index (κ1) is 9.73. The fraction of sp³-hybridized carbons (Fsp3) is 0.625. The lowest BCUT2D eigenvalue weighted by Crippen LogP contribution is -2.19. The van der Waals surface area contributed by atoms with Crippen LogP contribution >= 0.6 is 34.2 Å². The highest BCUT2D eigenvalue weighted by Crippen LogP contribution is 2.26. The van der Waals surface area contributed by atoms with Crippen molar-refractivity contribution in [2.24, 2.45) is 0 Å². The smallest absolute Gasteiger partial charge is 0.151 e. The zero-order valence-corrected chi connectivity index (χ0v) is 9.96. The fourth-order valence-electron chi connectivity index (χ4n) is 1.46. The molecule has 0 bridgehead atoms. The molecule has 5 heteroatoms. The van der Waals surface area contributed by atoms with E-state index in [1.165, 1.54) is 6.42 Å². The second kappa shape index (κ2) is 4.14. The van der Waals surface area contributed by atoms with Crippen LogP contribution in [0.15, 0.2) is 6.07 Å². The molecular formula is C8H10ClIN2O. The third-order valence-electron chi connectivity index (χ3n) is 2.09. The van der Waals surface area contributed by atoms with Crippen molar-refractivity contribution in [1.82, 2.24) is 9.78 Å². The average Bonchev–Trinajstić information content (AvgIpc) is 2.47. The minimum atomic E-state index is 0.0461. The third kappa shape index (κ3) is 2.16. The van der Waals surface area contributed by atoms with Crippen molar-refractivity contribution in [1.29, 1.82) is 0 Å². The summed E-state index contributed by atoms with van der Waals surface area (Å²) >= 11 is 8.14. The van der Waals surface area contributed by atoms with Crippen molar-refractivity contribution in [3.05, 3.63) is 14.9 Å². The first-order valence-corrected chi connectivity index (χ1v) is 5.75. The number of halogens is 2. The van der Waals surface area contributed by atoms with Crippen molar-refractivity contribution < 1.29 is 4.74 Å². The lowest BCUT2D eigenvalue weighted by molar-refractivity contribution is -0.0394. The number of hydrogen-bond acceptors (Lipinski definition) is 2. The van der Waals surface area contributed by atoms with Crippen LogP contribution in [-0.4, -0.2) is 16.4 Å². The lowest BCUT2D eigenvalue weighted by Gasteiger charge is -2.23. The Balaban J connectivity index is 2.18. The van der Waals surface area contributed by atoms with Crippen molar-refractivity contribution in [3.63, 3.8) is 0 Å². The van der Waals surface area contributed by atoms with Crippen LogP contribution in [0.3, 0.4) is 0 Å². The van der Waals surface area contributed by atoms with Crippen LogP contribution < -0.4 is 0 Å². The van der Waals surface area contributed by atoms with E-state index in [4.69, 9.17) is 16.3 Å². The Labute approximate surface area is 95.5 Å². The highest BCUT2D eigenvalue weighted by atomic mass is 127. The van der Waals surface area contributed by atoms with Crippen LogP contribution in [0.4, 0.5) is 0 Å². The lowest BCUT2D eigenvalue weighted by atomic mass is 10.2. The predicted octanol–water partition coefficient (Wildman–Crippen LogP) is 2.84. The molecule has 0 N–H and O–H groups in total. The van der Waals surface area contributed by atoms with Crippen molar-refractivity contribution in [3.8, 4) is 0 Å². The maximum atomic E-state index is 5.99. The molecule has 0 aliphatic carbocycles. The SMILES string of the molecule is Clc1cc(I)nn1C1CCCCO1. The van der Waals surface area contributed by atoms with E-state index in [1.807, 2.05) is 6.07 Å². The van der Waals surface area contributed by atoms with Crippen LogP contribution in [0.1, 0.15) is 25.5 Å². The van der Waals surface area contributed by atoms with E-state index in [0.29, 0.717) is 5.15 Å². The summed E-state index contributed by atoms with van der Waals surface area (Å²) < 4.78 is 8.25. The second-order valence-corrected chi connectivity index (χ2v) is 4.55. The van der Waals surface area contributed by atoms with Gasteiger partial charge in [-0.3, -0.25) is 0 Å². The van der Waals surface area contributed by atoms with Crippen LogP contribution in [0.2, 0.25) is 5.15 Å². The van der Waals surface area contributed by atoms with Gasteiger partial charge in [-0.1, -0.05) is 11.6 Å². The quantitative estimate of drug-likeness (QED) is 0.746. The summed E-state index contributed by atoms with van der Waals surface area (Å²) in [5.74, 6) is 0. The molecule has 13 heavy (non-hydrogen) atoms. The first-order valence-electron chi connectivity index (χ1n) is 4.29. The number of ether oxygens (including phenoxy) is 1. The van der Waals surface area contributed by atoms with E-state index in [-0.39, 0.29) is 6.23 Å². The van der Waals surface area contributed by atoms with Crippen molar-refractivity contribution in [2.45, 2.75) is 25.5 Å². The van der Waals surface area contributed by atoms with Crippen molar-refractivity contribution >= 4 is 34.2 Å². The van der Waals surface area contributed by atoms with Gasteiger partial charge in [0, 0.05) is 12.7 Å². The van der Waals surface area contributed by atoms with Gasteiger partial charge >= 0.3 is 0 Å². The summed E-state index contributed by atoms with van der Waals surface area (Å²) in [6.07, 6.45) is 3.39. The number of hydrogen-bond donors (Lipinski definition) is 0. The van der Waals surface area contributed by atoms with Crippen LogP contribution in [0, 0.1) is 3.70 Å². The molecule has 1 atom stereocenters. The molecule has 1 aromatic rings. The molecule has 1 unspecified atom stereocenters. The third-order valence-corrected chi connectivity index (χ3v) is 2.90. The summed E-state index contributed by atoms with van der Waals surface area (Å²) in [6, 6.07) is 1.85. The normalized spacial score (nSPS) is 23.4. The van der Waals surface area contributed by atoms with Gasteiger partial charge in [0.05, 0.1) is 0 Å². The Morgan fingerprint density at radius 3 is 3.00 bits per heavy atom. The number of rotatable bonds is 1. The fourth-order valence-corrected chi connectivity index (χ4v) is 2.42.